The van der Waals surface area contributed by atoms with Crippen molar-refractivity contribution in [3.8, 4) is 17.0 Å². The minimum atomic E-state index is -0.387. The van der Waals surface area contributed by atoms with Crippen LogP contribution in [0.3, 0.4) is 0 Å². The van der Waals surface area contributed by atoms with E-state index in [0.29, 0.717) is 29.6 Å². The van der Waals surface area contributed by atoms with Crippen LogP contribution in [0.2, 0.25) is 5.02 Å². The third-order valence-corrected chi connectivity index (χ3v) is 6.44. The van der Waals surface area contributed by atoms with E-state index in [1.54, 1.807) is 17.0 Å². The van der Waals surface area contributed by atoms with E-state index < -0.39 is 0 Å². The molecule has 1 N–H and O–H groups in total. The van der Waals surface area contributed by atoms with E-state index in [4.69, 9.17) is 16.3 Å². The lowest BCUT2D eigenvalue weighted by molar-refractivity contribution is 0.0729. The summed E-state index contributed by atoms with van der Waals surface area (Å²) in [6, 6.07) is 21.1. The molecule has 0 bridgehead atoms. The van der Waals surface area contributed by atoms with E-state index in [0.717, 1.165) is 40.8 Å². The molecule has 5 rings (SSSR count). The van der Waals surface area contributed by atoms with Gasteiger partial charge < -0.3 is 9.64 Å². The number of nitrogens with one attached hydrogen (secondary N) is 1. The molecule has 0 saturated carbocycles. The smallest absolute Gasteiger partial charge is 0.273 e. The Balaban J connectivity index is 1.58. The largest absolute Gasteiger partial charge is 0.494 e. The second-order valence-electron chi connectivity index (χ2n) is 8.60. The van der Waals surface area contributed by atoms with Gasteiger partial charge in [0.1, 0.15) is 17.3 Å². The van der Waals surface area contributed by atoms with Gasteiger partial charge in [0.05, 0.1) is 18.3 Å². The van der Waals surface area contributed by atoms with Gasteiger partial charge in [0.2, 0.25) is 0 Å². The third kappa shape index (κ3) is 4.66. The first-order chi connectivity index (χ1) is 17.0. The van der Waals surface area contributed by atoms with Crippen molar-refractivity contribution in [2.75, 3.05) is 6.61 Å². The van der Waals surface area contributed by atoms with Crippen LogP contribution in [0.1, 0.15) is 53.0 Å². The number of carbonyl (C=O) groups is 1. The number of hydrogen-bond acceptors (Lipinski definition) is 3. The van der Waals surface area contributed by atoms with Crippen LogP contribution >= 0.6 is 11.6 Å². The quantitative estimate of drug-likeness (QED) is 0.277. The molecule has 0 saturated heterocycles. The Hall–Kier alpha value is -3.64. The molecule has 35 heavy (non-hydrogen) atoms. The van der Waals surface area contributed by atoms with Crippen LogP contribution in [0.4, 0.5) is 4.39 Å². The fraction of sp³-hybridized carbons (Fsp3) is 0.214. The fourth-order valence-corrected chi connectivity index (χ4v) is 4.56. The minimum absolute atomic E-state index is 0.153. The standard InChI is InChI=1S/C28H25ClFN3O2/c1-2-3-15-35-23-6-4-5-20(16-23)27-24-25(19-9-11-21(29)12-10-19)31-32-26(24)28(34)33(27)17-18-7-13-22(30)14-8-18/h4-14,16,27H,2-3,15,17H2,1H3,(H,31,32). The average Bonchev–Trinajstić information content (AvgIpc) is 3.40. The van der Waals surface area contributed by atoms with E-state index in [2.05, 4.69) is 17.1 Å². The number of benzene rings is 3. The lowest BCUT2D eigenvalue weighted by atomic mass is 9.95. The number of rotatable bonds is 8. The Morgan fingerprint density at radius 2 is 1.86 bits per heavy atom. The van der Waals surface area contributed by atoms with Gasteiger partial charge in [-0.2, -0.15) is 5.10 Å². The van der Waals surface area contributed by atoms with Crippen molar-refractivity contribution < 1.29 is 13.9 Å². The second kappa shape index (κ2) is 9.92. The Bertz CT molecular complexity index is 1340. The monoisotopic (exact) mass is 489 g/mol. The lowest BCUT2D eigenvalue weighted by Gasteiger charge is -2.27. The highest BCUT2D eigenvalue weighted by Crippen LogP contribution is 2.44. The number of ether oxygens (including phenoxy) is 1. The summed E-state index contributed by atoms with van der Waals surface area (Å²) in [5.74, 6) is 0.295. The summed E-state index contributed by atoms with van der Waals surface area (Å²) in [5, 5.41) is 8.10. The Morgan fingerprint density at radius 3 is 2.60 bits per heavy atom. The summed E-state index contributed by atoms with van der Waals surface area (Å²) >= 11 is 6.10. The van der Waals surface area contributed by atoms with Crippen molar-refractivity contribution in [1.82, 2.24) is 15.1 Å². The van der Waals surface area contributed by atoms with Crippen molar-refractivity contribution in [3.63, 3.8) is 0 Å². The maximum atomic E-state index is 13.6. The molecule has 1 aromatic heterocycles. The molecular formula is C28H25ClFN3O2. The summed E-state index contributed by atoms with van der Waals surface area (Å²) in [4.78, 5) is 15.4. The molecule has 7 heteroatoms. The van der Waals surface area contributed by atoms with Crippen LogP contribution in [0.5, 0.6) is 5.75 Å². The van der Waals surface area contributed by atoms with Crippen LogP contribution in [0.15, 0.2) is 72.8 Å². The second-order valence-corrected chi connectivity index (χ2v) is 9.04. The van der Waals surface area contributed by atoms with Gasteiger partial charge in [0.25, 0.3) is 5.91 Å². The molecule has 0 fully saturated rings. The van der Waals surface area contributed by atoms with Gasteiger partial charge in [-0.25, -0.2) is 4.39 Å². The van der Waals surface area contributed by atoms with Crippen LogP contribution in [-0.2, 0) is 6.54 Å². The Morgan fingerprint density at radius 1 is 1.09 bits per heavy atom. The zero-order chi connectivity index (χ0) is 24.4. The number of fused-ring (bicyclic) bond motifs is 1. The molecule has 1 atom stereocenters. The van der Waals surface area contributed by atoms with Crippen molar-refractivity contribution in [3.05, 3.63) is 106 Å². The fourth-order valence-electron chi connectivity index (χ4n) is 4.43. The first-order valence-corrected chi connectivity index (χ1v) is 12.1. The van der Waals surface area contributed by atoms with Gasteiger partial charge in [0.15, 0.2) is 0 Å². The number of aromatic nitrogens is 2. The van der Waals surface area contributed by atoms with Gasteiger partial charge in [0, 0.05) is 22.7 Å². The van der Waals surface area contributed by atoms with Gasteiger partial charge in [-0.1, -0.05) is 61.3 Å². The zero-order valence-electron chi connectivity index (χ0n) is 19.3. The summed E-state index contributed by atoms with van der Waals surface area (Å²) in [6.07, 6.45) is 2.01. The highest BCUT2D eigenvalue weighted by molar-refractivity contribution is 6.30. The molecule has 5 nitrogen and oxygen atoms in total. The number of aromatic amines is 1. The molecule has 3 aromatic carbocycles. The SMILES string of the molecule is CCCCOc1cccc(C2c3c(-c4ccc(Cl)cc4)n[nH]c3C(=O)N2Cc2ccc(F)cc2)c1. The lowest BCUT2D eigenvalue weighted by Crippen LogP contribution is -2.29. The van der Waals surface area contributed by atoms with E-state index in [-0.39, 0.29) is 17.8 Å². The van der Waals surface area contributed by atoms with Crippen molar-refractivity contribution in [2.24, 2.45) is 0 Å². The van der Waals surface area contributed by atoms with E-state index in [1.165, 1.54) is 12.1 Å². The summed E-state index contributed by atoms with van der Waals surface area (Å²) < 4.78 is 19.5. The van der Waals surface area contributed by atoms with Crippen molar-refractivity contribution in [2.45, 2.75) is 32.4 Å². The average molecular weight is 490 g/mol. The first-order valence-electron chi connectivity index (χ1n) is 11.7. The molecule has 1 amide bonds. The van der Waals surface area contributed by atoms with Gasteiger partial charge in [-0.05, 0) is 53.9 Å². The molecule has 4 aromatic rings. The summed E-state index contributed by atoms with van der Waals surface area (Å²) in [7, 11) is 0. The summed E-state index contributed by atoms with van der Waals surface area (Å²) in [6.45, 7) is 3.08. The topological polar surface area (TPSA) is 58.2 Å². The predicted molar refractivity (Wildman–Crippen MR) is 134 cm³/mol. The normalized spacial score (nSPS) is 14.9. The summed E-state index contributed by atoms with van der Waals surface area (Å²) in [5.41, 5.74) is 4.60. The number of hydrogen-bond donors (Lipinski definition) is 1. The van der Waals surface area contributed by atoms with Crippen LogP contribution in [-0.4, -0.2) is 27.6 Å². The molecular weight excluding hydrogens is 465 g/mol. The predicted octanol–water partition coefficient (Wildman–Crippen LogP) is 6.79. The Labute approximate surface area is 208 Å². The van der Waals surface area contributed by atoms with E-state index >= 15 is 0 Å². The van der Waals surface area contributed by atoms with E-state index in [9.17, 15) is 9.18 Å². The maximum Gasteiger partial charge on any atom is 0.273 e. The molecule has 0 radical (unpaired) electrons. The van der Waals surface area contributed by atoms with E-state index in [1.807, 2.05) is 48.5 Å². The number of unbranched alkanes of at least 4 members (excludes halogenated alkanes) is 1. The number of nitrogens with zero attached hydrogens (tertiary/aromatic N) is 2. The molecule has 1 unspecified atom stereocenters. The Kier molecular flexibility index (Phi) is 6.55. The van der Waals surface area contributed by atoms with Gasteiger partial charge >= 0.3 is 0 Å². The number of carbonyl (C=O) groups excluding carboxylic acids is 1. The molecule has 2 heterocycles. The van der Waals surface area contributed by atoms with Crippen molar-refractivity contribution >= 4 is 17.5 Å². The van der Waals surface area contributed by atoms with Crippen LogP contribution in [0.25, 0.3) is 11.3 Å². The van der Waals surface area contributed by atoms with Gasteiger partial charge in [-0.15, -0.1) is 0 Å². The molecule has 1 aliphatic heterocycles. The van der Waals surface area contributed by atoms with Gasteiger partial charge in [-0.3, -0.25) is 9.89 Å². The minimum Gasteiger partial charge on any atom is -0.494 e. The molecule has 0 spiro atoms. The number of halogens is 2. The van der Waals surface area contributed by atoms with Crippen LogP contribution < -0.4 is 4.74 Å². The highest BCUT2D eigenvalue weighted by Gasteiger charge is 2.42. The number of amides is 1. The molecule has 1 aliphatic rings. The molecule has 178 valence electrons. The third-order valence-electron chi connectivity index (χ3n) is 6.19. The number of H-pyrrole nitrogens is 1. The first kappa shape index (κ1) is 23.1. The molecule has 0 aliphatic carbocycles. The zero-order valence-corrected chi connectivity index (χ0v) is 20.1. The maximum absolute atomic E-state index is 13.6. The van der Waals surface area contributed by atoms with Crippen molar-refractivity contribution in [1.29, 1.82) is 0 Å². The highest BCUT2D eigenvalue weighted by atomic mass is 35.5. The van der Waals surface area contributed by atoms with Crippen LogP contribution in [0, 0.1) is 5.82 Å².